The zero-order valence-corrected chi connectivity index (χ0v) is 7.96. The van der Waals surface area contributed by atoms with Crippen LogP contribution >= 0.6 is 0 Å². The third kappa shape index (κ3) is 1.83. The second kappa shape index (κ2) is 3.23. The van der Waals surface area contributed by atoms with E-state index in [-0.39, 0.29) is 5.41 Å². The summed E-state index contributed by atoms with van der Waals surface area (Å²) in [5.74, 6) is 0. The lowest BCUT2D eigenvalue weighted by molar-refractivity contribution is 0.521. The Morgan fingerprint density at radius 2 is 2.08 bits per heavy atom. The van der Waals surface area contributed by atoms with Gasteiger partial charge in [0.25, 0.3) is 0 Å². The fourth-order valence-corrected chi connectivity index (χ4v) is 0.973. The zero-order chi connectivity index (χ0) is 9.19. The number of rotatable bonds is 2. The normalized spacial score (nSPS) is 11.7. The number of aryl methyl sites for hydroxylation is 1. The summed E-state index contributed by atoms with van der Waals surface area (Å²) in [5, 5.41) is 0. The minimum absolute atomic E-state index is 0.00625. The highest BCUT2D eigenvalue weighted by molar-refractivity contribution is 5.19. The van der Waals surface area contributed by atoms with Crippen LogP contribution in [0.2, 0.25) is 0 Å². The van der Waals surface area contributed by atoms with Gasteiger partial charge in [-0.25, -0.2) is 0 Å². The molecular weight excluding hydrogens is 148 g/mol. The number of hydrogen-bond acceptors (Lipinski definition) is 2. The van der Waals surface area contributed by atoms with Gasteiger partial charge in [-0.15, -0.1) is 0 Å². The monoisotopic (exact) mass is 164 g/mol. The lowest BCUT2D eigenvalue weighted by Crippen LogP contribution is -2.29. The molecule has 0 atom stereocenters. The highest BCUT2D eigenvalue weighted by Gasteiger charge is 2.19. The van der Waals surface area contributed by atoms with Crippen molar-refractivity contribution in [1.29, 1.82) is 0 Å². The molecule has 0 amide bonds. The first-order valence-corrected chi connectivity index (χ1v) is 4.19. The zero-order valence-electron chi connectivity index (χ0n) is 7.96. The molecule has 1 aromatic heterocycles. The summed E-state index contributed by atoms with van der Waals surface area (Å²) in [6, 6.07) is 4.11. The van der Waals surface area contributed by atoms with Crippen LogP contribution in [0.4, 0.5) is 0 Å². The van der Waals surface area contributed by atoms with Gasteiger partial charge in [-0.3, -0.25) is 4.98 Å². The van der Waals surface area contributed by atoms with Crippen LogP contribution in [0.15, 0.2) is 18.3 Å². The Kier molecular flexibility index (Phi) is 2.48. The lowest BCUT2D eigenvalue weighted by atomic mass is 9.89. The van der Waals surface area contributed by atoms with E-state index < -0.39 is 0 Å². The number of nitrogens with two attached hydrogens (primary N) is 1. The van der Waals surface area contributed by atoms with Gasteiger partial charge in [0.1, 0.15) is 0 Å². The number of aromatic nitrogens is 1. The van der Waals surface area contributed by atoms with Crippen LogP contribution in [0.25, 0.3) is 0 Å². The van der Waals surface area contributed by atoms with Crippen LogP contribution in [0, 0.1) is 6.92 Å². The quantitative estimate of drug-likeness (QED) is 0.721. The minimum atomic E-state index is -0.00625. The Labute approximate surface area is 73.8 Å². The van der Waals surface area contributed by atoms with Gasteiger partial charge in [-0.2, -0.15) is 0 Å². The molecule has 12 heavy (non-hydrogen) atoms. The largest absolute Gasteiger partial charge is 0.330 e. The Balaban J connectivity index is 2.96. The molecule has 0 aliphatic heterocycles. The van der Waals surface area contributed by atoms with Gasteiger partial charge in [-0.05, 0) is 18.6 Å². The van der Waals surface area contributed by atoms with Gasteiger partial charge in [0.05, 0.1) is 0 Å². The summed E-state index contributed by atoms with van der Waals surface area (Å²) >= 11 is 0. The van der Waals surface area contributed by atoms with Crippen molar-refractivity contribution in [1.82, 2.24) is 4.98 Å². The Hall–Kier alpha value is -0.890. The van der Waals surface area contributed by atoms with Crippen molar-refractivity contribution in [3.05, 3.63) is 29.6 Å². The molecule has 1 rings (SSSR count). The van der Waals surface area contributed by atoms with Crippen molar-refractivity contribution >= 4 is 0 Å². The smallest absolute Gasteiger partial charge is 0.0472 e. The average molecular weight is 164 g/mol. The third-order valence-corrected chi connectivity index (χ3v) is 2.12. The van der Waals surface area contributed by atoms with Crippen molar-refractivity contribution in [3.8, 4) is 0 Å². The predicted molar refractivity (Wildman–Crippen MR) is 51.1 cm³/mol. The molecule has 2 heteroatoms. The topological polar surface area (TPSA) is 38.9 Å². The summed E-state index contributed by atoms with van der Waals surface area (Å²) in [6.07, 6.45) is 1.88. The minimum Gasteiger partial charge on any atom is -0.330 e. The molecule has 1 heterocycles. The maximum atomic E-state index is 5.64. The van der Waals surface area contributed by atoms with Gasteiger partial charge in [-0.1, -0.05) is 19.9 Å². The van der Waals surface area contributed by atoms with Gasteiger partial charge >= 0.3 is 0 Å². The van der Waals surface area contributed by atoms with E-state index in [2.05, 4.69) is 24.9 Å². The van der Waals surface area contributed by atoms with Gasteiger partial charge < -0.3 is 5.73 Å². The summed E-state index contributed by atoms with van der Waals surface area (Å²) in [7, 11) is 0. The molecule has 2 N–H and O–H groups in total. The fraction of sp³-hybridized carbons (Fsp3) is 0.500. The number of nitrogens with zero attached hydrogens (tertiary/aromatic N) is 1. The molecule has 0 unspecified atom stereocenters. The van der Waals surface area contributed by atoms with E-state index in [1.807, 2.05) is 19.2 Å². The first-order chi connectivity index (χ1) is 5.56. The molecule has 0 aromatic carbocycles. The average Bonchev–Trinajstić information content (AvgIpc) is 2.05. The van der Waals surface area contributed by atoms with Crippen LogP contribution < -0.4 is 5.73 Å². The standard InChI is InChI=1S/C10H16N2/c1-8-4-5-9(12-6-8)10(2,3)7-11/h4-6H,7,11H2,1-3H3. The molecular formula is C10H16N2. The van der Waals surface area contributed by atoms with Crippen molar-refractivity contribution in [2.45, 2.75) is 26.2 Å². The fourth-order valence-electron chi connectivity index (χ4n) is 0.973. The molecule has 66 valence electrons. The van der Waals surface area contributed by atoms with E-state index in [1.165, 1.54) is 5.56 Å². The second-order valence-corrected chi connectivity index (χ2v) is 3.81. The first kappa shape index (κ1) is 9.20. The maximum Gasteiger partial charge on any atom is 0.0472 e. The summed E-state index contributed by atoms with van der Waals surface area (Å²) in [6.45, 7) is 6.87. The summed E-state index contributed by atoms with van der Waals surface area (Å²) in [4.78, 5) is 4.34. The van der Waals surface area contributed by atoms with Crippen LogP contribution in [-0.4, -0.2) is 11.5 Å². The highest BCUT2D eigenvalue weighted by atomic mass is 14.7. The molecule has 2 nitrogen and oxygen atoms in total. The van der Waals surface area contributed by atoms with Gasteiger partial charge in [0, 0.05) is 23.9 Å². The molecule has 0 bridgehead atoms. The molecule has 0 fully saturated rings. The molecule has 0 saturated heterocycles. The Morgan fingerprint density at radius 3 is 2.50 bits per heavy atom. The highest BCUT2D eigenvalue weighted by Crippen LogP contribution is 2.18. The number of pyridine rings is 1. The summed E-state index contributed by atoms with van der Waals surface area (Å²) < 4.78 is 0. The van der Waals surface area contributed by atoms with E-state index in [9.17, 15) is 0 Å². The molecule has 0 aliphatic rings. The van der Waals surface area contributed by atoms with Crippen molar-refractivity contribution in [2.75, 3.05) is 6.54 Å². The van der Waals surface area contributed by atoms with Crippen molar-refractivity contribution in [2.24, 2.45) is 5.73 Å². The van der Waals surface area contributed by atoms with Crippen molar-refractivity contribution in [3.63, 3.8) is 0 Å². The van der Waals surface area contributed by atoms with Crippen molar-refractivity contribution < 1.29 is 0 Å². The molecule has 1 aromatic rings. The second-order valence-electron chi connectivity index (χ2n) is 3.81. The Morgan fingerprint density at radius 1 is 1.42 bits per heavy atom. The lowest BCUT2D eigenvalue weighted by Gasteiger charge is -2.21. The van der Waals surface area contributed by atoms with E-state index in [4.69, 9.17) is 5.73 Å². The third-order valence-electron chi connectivity index (χ3n) is 2.12. The molecule has 0 aliphatic carbocycles. The van der Waals surface area contributed by atoms with E-state index in [1.54, 1.807) is 0 Å². The van der Waals surface area contributed by atoms with Crippen LogP contribution in [0.3, 0.4) is 0 Å². The molecule has 0 saturated carbocycles. The van der Waals surface area contributed by atoms with E-state index in [0.29, 0.717) is 6.54 Å². The first-order valence-electron chi connectivity index (χ1n) is 4.19. The van der Waals surface area contributed by atoms with Gasteiger partial charge in [0.2, 0.25) is 0 Å². The van der Waals surface area contributed by atoms with E-state index >= 15 is 0 Å². The van der Waals surface area contributed by atoms with E-state index in [0.717, 1.165) is 5.69 Å². The maximum absolute atomic E-state index is 5.64. The number of hydrogen-bond donors (Lipinski definition) is 1. The summed E-state index contributed by atoms with van der Waals surface area (Å²) in [5.41, 5.74) is 7.88. The van der Waals surface area contributed by atoms with Crippen LogP contribution in [-0.2, 0) is 5.41 Å². The molecule has 0 radical (unpaired) electrons. The predicted octanol–water partition coefficient (Wildman–Crippen LogP) is 1.63. The molecule has 0 spiro atoms. The van der Waals surface area contributed by atoms with Crippen LogP contribution in [0.1, 0.15) is 25.1 Å². The Bertz CT molecular complexity index is 249. The van der Waals surface area contributed by atoms with Gasteiger partial charge in [0.15, 0.2) is 0 Å². The SMILES string of the molecule is Cc1ccc(C(C)(C)CN)nc1. The van der Waals surface area contributed by atoms with Crippen LogP contribution in [0.5, 0.6) is 0 Å².